The van der Waals surface area contributed by atoms with Crippen molar-refractivity contribution in [3.63, 3.8) is 0 Å². The van der Waals surface area contributed by atoms with Gasteiger partial charge >= 0.3 is 0 Å². The molecule has 134 valence electrons. The lowest BCUT2D eigenvalue weighted by molar-refractivity contribution is 0.0949. The molecule has 2 aliphatic rings. The summed E-state index contributed by atoms with van der Waals surface area (Å²) in [6.07, 6.45) is 0.907. The number of rotatable bonds is 3. The summed E-state index contributed by atoms with van der Waals surface area (Å²) in [6.45, 7) is 5.87. The third-order valence-electron chi connectivity index (χ3n) is 4.74. The van der Waals surface area contributed by atoms with Gasteiger partial charge in [-0.3, -0.25) is 9.69 Å². The van der Waals surface area contributed by atoms with E-state index in [1.807, 2.05) is 44.2 Å². The number of carbonyl (C=O) groups excluding carboxylic acids is 1. The van der Waals surface area contributed by atoms with E-state index < -0.39 is 0 Å². The molecule has 0 N–H and O–H groups in total. The second-order valence-electron chi connectivity index (χ2n) is 6.88. The van der Waals surface area contributed by atoms with Crippen molar-refractivity contribution >= 4 is 17.4 Å². The van der Waals surface area contributed by atoms with E-state index in [9.17, 15) is 4.79 Å². The van der Waals surface area contributed by atoms with Gasteiger partial charge in [-0.2, -0.15) is 0 Å². The van der Waals surface area contributed by atoms with Crippen molar-refractivity contribution in [1.29, 1.82) is 0 Å². The van der Waals surface area contributed by atoms with E-state index in [-0.39, 0.29) is 5.78 Å². The van der Waals surface area contributed by atoms with Gasteiger partial charge < -0.3 is 9.47 Å². The number of ether oxygens (including phenoxy) is 2. The van der Waals surface area contributed by atoms with Crippen LogP contribution in [0.1, 0.15) is 35.3 Å². The molecule has 0 radical (unpaired) electrons. The molecule has 0 amide bonds. The van der Waals surface area contributed by atoms with Gasteiger partial charge in [-0.1, -0.05) is 23.7 Å². The van der Waals surface area contributed by atoms with Crippen molar-refractivity contribution in [2.24, 2.45) is 0 Å². The average molecular weight is 370 g/mol. The van der Waals surface area contributed by atoms with Crippen LogP contribution in [0.15, 0.2) is 47.7 Å². The Balaban J connectivity index is 1.53. The molecule has 2 aromatic rings. The summed E-state index contributed by atoms with van der Waals surface area (Å²) < 4.78 is 11.8. The predicted molar refractivity (Wildman–Crippen MR) is 101 cm³/mol. The van der Waals surface area contributed by atoms with E-state index in [1.165, 1.54) is 5.56 Å². The third-order valence-corrected chi connectivity index (χ3v) is 4.99. The molecule has 0 aliphatic carbocycles. The van der Waals surface area contributed by atoms with E-state index in [2.05, 4.69) is 4.90 Å². The molecule has 2 heterocycles. The van der Waals surface area contributed by atoms with E-state index >= 15 is 0 Å². The van der Waals surface area contributed by atoms with E-state index in [0.717, 1.165) is 34.9 Å². The number of halogens is 1. The summed E-state index contributed by atoms with van der Waals surface area (Å²) in [6, 6.07) is 11.6. The normalized spacial score (nSPS) is 16.0. The van der Waals surface area contributed by atoms with Crippen molar-refractivity contribution in [3.8, 4) is 11.5 Å². The summed E-state index contributed by atoms with van der Waals surface area (Å²) in [5.74, 6) is 1.85. The molecule has 0 saturated carbocycles. The number of fused-ring (bicyclic) bond motifs is 3. The number of carbonyl (C=O) groups is 1. The highest BCUT2D eigenvalue weighted by Crippen LogP contribution is 2.42. The van der Waals surface area contributed by atoms with Gasteiger partial charge in [0.2, 0.25) is 5.78 Å². The highest BCUT2D eigenvalue weighted by Gasteiger charge is 2.33. The Morgan fingerprint density at radius 3 is 2.65 bits per heavy atom. The van der Waals surface area contributed by atoms with Gasteiger partial charge in [-0.15, -0.1) is 0 Å². The number of allylic oxidation sites excluding steroid dienone is 2. The highest BCUT2D eigenvalue weighted by atomic mass is 35.5. The van der Waals surface area contributed by atoms with Crippen molar-refractivity contribution in [2.45, 2.75) is 26.8 Å². The molecule has 0 saturated heterocycles. The molecule has 4 nitrogen and oxygen atoms in total. The summed E-state index contributed by atoms with van der Waals surface area (Å²) in [7, 11) is 0. The van der Waals surface area contributed by atoms with Crippen LogP contribution in [0.25, 0.3) is 0 Å². The van der Waals surface area contributed by atoms with Gasteiger partial charge in [-0.25, -0.2) is 0 Å². The van der Waals surface area contributed by atoms with E-state index in [4.69, 9.17) is 21.1 Å². The van der Waals surface area contributed by atoms with E-state index in [1.54, 1.807) is 6.07 Å². The van der Waals surface area contributed by atoms with E-state index in [0.29, 0.717) is 30.3 Å². The molecule has 26 heavy (non-hydrogen) atoms. The molecule has 2 aromatic carbocycles. The molecule has 0 fully saturated rings. The zero-order chi connectivity index (χ0) is 18.3. The lowest BCUT2D eigenvalue weighted by Crippen LogP contribution is -2.33. The van der Waals surface area contributed by atoms with Crippen molar-refractivity contribution in [2.75, 3.05) is 13.3 Å². The van der Waals surface area contributed by atoms with Crippen LogP contribution in [0.4, 0.5) is 0 Å². The van der Waals surface area contributed by atoms with Gasteiger partial charge in [0.05, 0.1) is 11.1 Å². The molecule has 5 heteroatoms. The lowest BCUT2D eigenvalue weighted by Gasteiger charge is -2.29. The molecule has 0 spiro atoms. The Morgan fingerprint density at radius 1 is 1.15 bits per heavy atom. The maximum Gasteiger partial charge on any atom is 0.231 e. The minimum Gasteiger partial charge on any atom is -0.478 e. The minimum atomic E-state index is -0.0407. The van der Waals surface area contributed by atoms with Gasteiger partial charge in [-0.05, 0) is 55.7 Å². The lowest BCUT2D eigenvalue weighted by atomic mass is 10.0. The zero-order valence-electron chi connectivity index (χ0n) is 14.8. The van der Waals surface area contributed by atoms with Crippen molar-refractivity contribution < 1.29 is 14.3 Å². The monoisotopic (exact) mass is 369 g/mol. The van der Waals surface area contributed by atoms with Crippen LogP contribution in [-0.2, 0) is 13.0 Å². The molecular formula is C21H20ClNO3. The Labute approximate surface area is 158 Å². The molecule has 0 aromatic heterocycles. The minimum absolute atomic E-state index is 0.0407. The second kappa shape index (κ2) is 6.78. The topological polar surface area (TPSA) is 38.8 Å². The quantitative estimate of drug-likeness (QED) is 0.741. The largest absolute Gasteiger partial charge is 0.478 e. The number of hydrogen-bond acceptors (Lipinski definition) is 4. The zero-order valence-corrected chi connectivity index (χ0v) is 15.6. The SMILES string of the molecule is CC(C)=C1Oc2c(ccc3c2CN(CCc2ccc(Cl)cc2)CO3)C1=O. The van der Waals surface area contributed by atoms with Gasteiger partial charge in [0.1, 0.15) is 18.2 Å². The van der Waals surface area contributed by atoms with Crippen molar-refractivity contribution in [1.82, 2.24) is 4.90 Å². The first-order valence-electron chi connectivity index (χ1n) is 8.68. The van der Waals surface area contributed by atoms with Crippen LogP contribution in [0, 0.1) is 0 Å². The average Bonchev–Trinajstić information content (AvgIpc) is 2.98. The van der Waals surface area contributed by atoms with Crippen LogP contribution >= 0.6 is 11.6 Å². The second-order valence-corrected chi connectivity index (χ2v) is 7.32. The molecular weight excluding hydrogens is 350 g/mol. The fourth-order valence-corrected chi connectivity index (χ4v) is 3.43. The Hall–Kier alpha value is -2.30. The predicted octanol–water partition coefficient (Wildman–Crippen LogP) is 4.60. The first kappa shape index (κ1) is 17.1. The molecule has 0 atom stereocenters. The summed E-state index contributed by atoms with van der Waals surface area (Å²) in [5, 5.41) is 0.747. The Bertz CT molecular complexity index is 898. The van der Waals surface area contributed by atoms with Crippen LogP contribution in [0.5, 0.6) is 11.5 Å². The first-order valence-corrected chi connectivity index (χ1v) is 9.06. The summed E-state index contributed by atoms with van der Waals surface area (Å²) in [4.78, 5) is 14.7. The number of nitrogens with zero attached hydrogens (tertiary/aromatic N) is 1. The standard InChI is InChI=1S/C21H20ClNO3/c1-13(2)20-19(24)16-7-8-18-17(21(16)26-20)11-23(12-25-18)10-9-14-3-5-15(22)6-4-14/h3-8H,9-12H2,1-2H3. The van der Waals surface area contributed by atoms with Crippen LogP contribution in [-0.4, -0.2) is 24.0 Å². The summed E-state index contributed by atoms with van der Waals surface area (Å²) >= 11 is 5.94. The van der Waals surface area contributed by atoms with Crippen LogP contribution < -0.4 is 9.47 Å². The van der Waals surface area contributed by atoms with Gasteiger partial charge in [0.15, 0.2) is 5.76 Å². The number of benzene rings is 2. The Morgan fingerprint density at radius 2 is 1.92 bits per heavy atom. The maximum absolute atomic E-state index is 12.5. The number of Topliss-reactive ketones (excluding diaryl/α,β-unsaturated/α-hetero) is 1. The first-order chi connectivity index (χ1) is 12.5. The fourth-order valence-electron chi connectivity index (χ4n) is 3.30. The smallest absolute Gasteiger partial charge is 0.231 e. The number of hydrogen-bond donors (Lipinski definition) is 0. The van der Waals surface area contributed by atoms with Gasteiger partial charge in [0, 0.05) is 18.1 Å². The molecule has 0 bridgehead atoms. The Kier molecular flexibility index (Phi) is 4.47. The molecule has 0 unspecified atom stereocenters. The van der Waals surface area contributed by atoms with Crippen LogP contribution in [0.2, 0.25) is 5.02 Å². The van der Waals surface area contributed by atoms with Crippen LogP contribution in [0.3, 0.4) is 0 Å². The van der Waals surface area contributed by atoms with Gasteiger partial charge in [0.25, 0.3) is 0 Å². The fraction of sp³-hybridized carbons (Fsp3) is 0.286. The maximum atomic E-state index is 12.5. The molecule has 2 aliphatic heterocycles. The van der Waals surface area contributed by atoms with Crippen molar-refractivity contribution in [3.05, 3.63) is 69.4 Å². The third kappa shape index (κ3) is 3.11. The number of ketones is 1. The molecule has 4 rings (SSSR count). The summed E-state index contributed by atoms with van der Waals surface area (Å²) in [5.41, 5.74) is 3.70. The highest BCUT2D eigenvalue weighted by molar-refractivity contribution is 6.30.